The van der Waals surface area contributed by atoms with Gasteiger partial charge in [0.15, 0.2) is 0 Å². The Labute approximate surface area is 100 Å². The van der Waals surface area contributed by atoms with Gasteiger partial charge >= 0.3 is 0 Å². The minimum Gasteiger partial charge on any atom is -0.365 e. The van der Waals surface area contributed by atoms with E-state index in [1.54, 1.807) is 24.3 Å². The molecule has 0 saturated carbocycles. The lowest BCUT2D eigenvalue weighted by Gasteiger charge is -2.11. The standard InChI is InChI=1S/C13H14N2O2/c1-9-2-7-12(17-9)13(16)15-11-5-3-10(8-14)4-6-11/h3-6,9,12H,2,7H2,1H3,(H,15,16). The van der Waals surface area contributed by atoms with Crippen LogP contribution >= 0.6 is 0 Å². The van der Waals surface area contributed by atoms with Crippen LogP contribution in [0, 0.1) is 11.3 Å². The highest BCUT2D eigenvalue weighted by Crippen LogP contribution is 2.20. The molecule has 17 heavy (non-hydrogen) atoms. The molecule has 0 radical (unpaired) electrons. The molecule has 2 rings (SSSR count). The first kappa shape index (κ1) is 11.6. The number of anilines is 1. The van der Waals surface area contributed by atoms with Gasteiger partial charge in [-0.2, -0.15) is 5.26 Å². The van der Waals surface area contributed by atoms with Gasteiger partial charge in [0.1, 0.15) is 6.10 Å². The van der Waals surface area contributed by atoms with E-state index in [4.69, 9.17) is 10.00 Å². The fourth-order valence-corrected chi connectivity index (χ4v) is 1.85. The molecule has 1 heterocycles. The number of hydrogen-bond acceptors (Lipinski definition) is 3. The van der Waals surface area contributed by atoms with Crippen molar-refractivity contribution in [2.24, 2.45) is 0 Å². The number of ether oxygens (including phenoxy) is 1. The molecule has 2 atom stereocenters. The lowest BCUT2D eigenvalue weighted by molar-refractivity contribution is -0.126. The van der Waals surface area contributed by atoms with E-state index in [9.17, 15) is 4.79 Å². The summed E-state index contributed by atoms with van der Waals surface area (Å²) >= 11 is 0. The van der Waals surface area contributed by atoms with Gasteiger partial charge in [0.05, 0.1) is 17.7 Å². The minimum atomic E-state index is -0.347. The number of benzene rings is 1. The third-order valence-electron chi connectivity index (χ3n) is 2.81. The molecule has 1 N–H and O–H groups in total. The number of nitriles is 1. The van der Waals surface area contributed by atoms with Gasteiger partial charge in [0.2, 0.25) is 0 Å². The Bertz CT molecular complexity index is 447. The second kappa shape index (κ2) is 4.98. The maximum Gasteiger partial charge on any atom is 0.253 e. The lowest BCUT2D eigenvalue weighted by atomic mass is 10.2. The van der Waals surface area contributed by atoms with Crippen LogP contribution in [0.1, 0.15) is 25.3 Å². The average molecular weight is 230 g/mol. The molecule has 4 nitrogen and oxygen atoms in total. The molecule has 88 valence electrons. The first-order valence-electron chi connectivity index (χ1n) is 5.65. The summed E-state index contributed by atoms with van der Waals surface area (Å²) in [5, 5.41) is 11.4. The number of carbonyl (C=O) groups is 1. The summed E-state index contributed by atoms with van der Waals surface area (Å²) in [5.41, 5.74) is 1.27. The van der Waals surface area contributed by atoms with Gasteiger partial charge in [-0.15, -0.1) is 0 Å². The summed E-state index contributed by atoms with van der Waals surface area (Å²) in [6, 6.07) is 8.81. The Hall–Kier alpha value is -1.86. The fraction of sp³-hybridized carbons (Fsp3) is 0.385. The van der Waals surface area contributed by atoms with Crippen LogP contribution < -0.4 is 5.32 Å². The summed E-state index contributed by atoms with van der Waals surface area (Å²) in [6.07, 6.45) is 1.50. The van der Waals surface area contributed by atoms with Crippen molar-refractivity contribution in [3.63, 3.8) is 0 Å². The topological polar surface area (TPSA) is 62.1 Å². The van der Waals surface area contributed by atoms with E-state index in [0.29, 0.717) is 11.3 Å². The van der Waals surface area contributed by atoms with Crippen molar-refractivity contribution in [1.29, 1.82) is 5.26 Å². The Morgan fingerprint density at radius 3 is 2.65 bits per heavy atom. The Morgan fingerprint density at radius 1 is 1.41 bits per heavy atom. The summed E-state index contributed by atoms with van der Waals surface area (Å²) in [6.45, 7) is 1.97. The zero-order valence-electron chi connectivity index (χ0n) is 9.64. The van der Waals surface area contributed by atoms with E-state index in [-0.39, 0.29) is 18.1 Å². The van der Waals surface area contributed by atoms with Crippen molar-refractivity contribution in [2.45, 2.75) is 32.0 Å². The molecule has 0 bridgehead atoms. The molecule has 2 unspecified atom stereocenters. The van der Waals surface area contributed by atoms with Crippen molar-refractivity contribution in [2.75, 3.05) is 5.32 Å². The maximum absolute atomic E-state index is 11.8. The zero-order valence-corrected chi connectivity index (χ0v) is 9.64. The van der Waals surface area contributed by atoms with E-state index >= 15 is 0 Å². The summed E-state index contributed by atoms with van der Waals surface area (Å²) < 4.78 is 5.48. The van der Waals surface area contributed by atoms with E-state index in [1.807, 2.05) is 13.0 Å². The highest BCUT2D eigenvalue weighted by atomic mass is 16.5. The third-order valence-corrected chi connectivity index (χ3v) is 2.81. The van der Waals surface area contributed by atoms with Gasteiger partial charge < -0.3 is 10.1 Å². The predicted octanol–water partition coefficient (Wildman–Crippen LogP) is 2.06. The van der Waals surface area contributed by atoms with Gasteiger partial charge in [0.25, 0.3) is 5.91 Å². The van der Waals surface area contributed by atoms with Crippen LogP contribution in [0.2, 0.25) is 0 Å². The summed E-state index contributed by atoms with van der Waals surface area (Å²) in [5.74, 6) is -0.112. The average Bonchev–Trinajstić information content (AvgIpc) is 2.77. The molecule has 1 saturated heterocycles. The van der Waals surface area contributed by atoms with Crippen LogP contribution in [0.5, 0.6) is 0 Å². The SMILES string of the molecule is CC1CCC(C(=O)Nc2ccc(C#N)cc2)O1. The third kappa shape index (κ3) is 2.83. The smallest absolute Gasteiger partial charge is 0.253 e. The maximum atomic E-state index is 11.8. The molecule has 1 aliphatic heterocycles. The van der Waals surface area contributed by atoms with Crippen LogP contribution in [-0.2, 0) is 9.53 Å². The van der Waals surface area contributed by atoms with E-state index in [0.717, 1.165) is 12.8 Å². The van der Waals surface area contributed by atoms with Crippen molar-refractivity contribution >= 4 is 11.6 Å². The number of nitrogens with one attached hydrogen (secondary N) is 1. The first-order valence-corrected chi connectivity index (χ1v) is 5.65. The highest BCUT2D eigenvalue weighted by Gasteiger charge is 2.27. The molecule has 1 aromatic carbocycles. The van der Waals surface area contributed by atoms with Gasteiger partial charge in [-0.1, -0.05) is 0 Å². The van der Waals surface area contributed by atoms with Crippen LogP contribution in [0.25, 0.3) is 0 Å². The molecule has 0 aliphatic carbocycles. The van der Waals surface area contributed by atoms with E-state index in [2.05, 4.69) is 5.32 Å². The van der Waals surface area contributed by atoms with Crippen molar-refractivity contribution in [1.82, 2.24) is 0 Å². The number of rotatable bonds is 2. The monoisotopic (exact) mass is 230 g/mol. The molecule has 0 aromatic heterocycles. The number of carbonyl (C=O) groups excluding carboxylic acids is 1. The Kier molecular flexibility index (Phi) is 3.40. The second-order valence-electron chi connectivity index (χ2n) is 4.19. The molecule has 1 aromatic rings. The minimum absolute atomic E-state index is 0.112. The molecule has 0 spiro atoms. The van der Waals surface area contributed by atoms with Crippen LogP contribution in [-0.4, -0.2) is 18.1 Å². The summed E-state index contributed by atoms with van der Waals surface area (Å²) in [7, 11) is 0. The van der Waals surface area contributed by atoms with Crippen LogP contribution in [0.3, 0.4) is 0 Å². The Balaban J connectivity index is 1.96. The van der Waals surface area contributed by atoms with Gasteiger partial charge in [0, 0.05) is 5.69 Å². The normalized spacial score (nSPS) is 23.1. The fourth-order valence-electron chi connectivity index (χ4n) is 1.85. The lowest BCUT2D eigenvalue weighted by Crippen LogP contribution is -2.27. The van der Waals surface area contributed by atoms with Crippen LogP contribution in [0.4, 0.5) is 5.69 Å². The molecular weight excluding hydrogens is 216 g/mol. The molecule has 1 aliphatic rings. The highest BCUT2D eigenvalue weighted by molar-refractivity contribution is 5.94. The van der Waals surface area contributed by atoms with Gasteiger partial charge in [-0.25, -0.2) is 0 Å². The van der Waals surface area contributed by atoms with Crippen molar-refractivity contribution in [3.8, 4) is 6.07 Å². The van der Waals surface area contributed by atoms with E-state index < -0.39 is 0 Å². The molecule has 4 heteroatoms. The Morgan fingerprint density at radius 2 is 2.12 bits per heavy atom. The number of amides is 1. The quantitative estimate of drug-likeness (QED) is 0.845. The van der Waals surface area contributed by atoms with Crippen molar-refractivity contribution in [3.05, 3.63) is 29.8 Å². The molecule has 1 amide bonds. The van der Waals surface area contributed by atoms with Gasteiger partial charge in [-0.05, 0) is 44.0 Å². The first-order chi connectivity index (χ1) is 8.19. The van der Waals surface area contributed by atoms with E-state index in [1.165, 1.54) is 0 Å². The van der Waals surface area contributed by atoms with Gasteiger partial charge in [-0.3, -0.25) is 4.79 Å². The largest absolute Gasteiger partial charge is 0.365 e. The summed E-state index contributed by atoms with van der Waals surface area (Å²) in [4.78, 5) is 11.8. The van der Waals surface area contributed by atoms with Crippen LogP contribution in [0.15, 0.2) is 24.3 Å². The molecule has 1 fully saturated rings. The number of nitrogens with zero attached hydrogens (tertiary/aromatic N) is 1. The predicted molar refractivity (Wildman–Crippen MR) is 63.4 cm³/mol. The zero-order chi connectivity index (χ0) is 12.3. The second-order valence-corrected chi connectivity index (χ2v) is 4.19. The van der Waals surface area contributed by atoms with Crippen molar-refractivity contribution < 1.29 is 9.53 Å². The molecular formula is C13H14N2O2. The number of hydrogen-bond donors (Lipinski definition) is 1.